The summed E-state index contributed by atoms with van der Waals surface area (Å²) in [5.41, 5.74) is 14.3. The summed E-state index contributed by atoms with van der Waals surface area (Å²) in [6.07, 6.45) is 0. The molecule has 0 saturated heterocycles. The molecule has 258 valence electrons. The Labute approximate surface area is 317 Å². The number of hydrogen-bond acceptors (Lipinski definition) is 4. The maximum Gasteiger partial charge on any atom is 0.160 e. The maximum atomic E-state index is 10.4. The smallest absolute Gasteiger partial charge is 0.160 e. The molecule has 0 bridgehead atoms. The third-order valence-corrected chi connectivity index (χ3v) is 11.5. The first-order valence-electron chi connectivity index (χ1n) is 18.6. The van der Waals surface area contributed by atoms with E-state index in [1.165, 1.54) is 38.5 Å². The van der Waals surface area contributed by atoms with Crippen molar-refractivity contribution in [2.75, 3.05) is 0 Å². The number of hydrogen-bond donors (Lipinski definition) is 0. The van der Waals surface area contributed by atoms with Gasteiger partial charge < -0.3 is 8.98 Å². The average molecular weight is 705 g/mol. The molecule has 5 nitrogen and oxygen atoms in total. The van der Waals surface area contributed by atoms with Gasteiger partial charge in [0.05, 0.1) is 33.5 Å². The summed E-state index contributed by atoms with van der Waals surface area (Å²) >= 11 is 0. The number of fused-ring (bicyclic) bond motifs is 9. The van der Waals surface area contributed by atoms with Crippen molar-refractivity contribution in [2.45, 2.75) is 19.3 Å². The lowest BCUT2D eigenvalue weighted by Gasteiger charge is -2.21. The van der Waals surface area contributed by atoms with Crippen LogP contribution >= 0.6 is 0 Å². The van der Waals surface area contributed by atoms with E-state index < -0.39 is 0 Å². The van der Waals surface area contributed by atoms with Crippen molar-refractivity contribution >= 4 is 43.7 Å². The minimum Gasteiger partial charge on any atom is -0.456 e. The van der Waals surface area contributed by atoms with Gasteiger partial charge in [-0.1, -0.05) is 129 Å². The van der Waals surface area contributed by atoms with E-state index in [0.29, 0.717) is 22.8 Å². The Morgan fingerprint density at radius 3 is 1.98 bits per heavy atom. The third kappa shape index (κ3) is 4.52. The normalized spacial score (nSPS) is 13.0. The number of nitrogens with zero attached hydrogens (tertiary/aromatic N) is 4. The fourth-order valence-electron chi connectivity index (χ4n) is 8.86. The zero-order valence-corrected chi connectivity index (χ0v) is 30.2. The first kappa shape index (κ1) is 31.3. The highest BCUT2D eigenvalue weighted by Crippen LogP contribution is 2.51. The monoisotopic (exact) mass is 704 g/mol. The molecule has 0 saturated carbocycles. The summed E-state index contributed by atoms with van der Waals surface area (Å²) in [6.45, 7) is 4.67. The molecule has 3 heterocycles. The van der Waals surface area contributed by atoms with Gasteiger partial charge in [0, 0.05) is 38.3 Å². The van der Waals surface area contributed by atoms with Crippen LogP contribution in [-0.4, -0.2) is 14.5 Å². The second-order valence-electron chi connectivity index (χ2n) is 14.9. The minimum absolute atomic E-state index is 0.125. The zero-order chi connectivity index (χ0) is 36.8. The topological polar surface area (TPSA) is 67.6 Å². The largest absolute Gasteiger partial charge is 0.456 e. The van der Waals surface area contributed by atoms with Gasteiger partial charge in [-0.15, -0.1) is 0 Å². The summed E-state index contributed by atoms with van der Waals surface area (Å²) in [7, 11) is 0. The van der Waals surface area contributed by atoms with Gasteiger partial charge in [0.2, 0.25) is 0 Å². The first-order chi connectivity index (χ1) is 27.0. The van der Waals surface area contributed by atoms with Crippen molar-refractivity contribution in [2.24, 2.45) is 0 Å². The van der Waals surface area contributed by atoms with E-state index in [1.807, 2.05) is 72.8 Å². The predicted octanol–water partition coefficient (Wildman–Crippen LogP) is 12.7. The number of nitriles is 1. The van der Waals surface area contributed by atoms with E-state index in [-0.39, 0.29) is 5.41 Å². The minimum atomic E-state index is -0.125. The molecule has 0 aliphatic heterocycles. The molecular formula is C50H32N4O. The number of aromatic nitrogens is 3. The van der Waals surface area contributed by atoms with Crippen LogP contribution in [0.4, 0.5) is 0 Å². The molecule has 3 aromatic heterocycles. The Kier molecular flexibility index (Phi) is 6.59. The highest BCUT2D eigenvalue weighted by atomic mass is 16.3. The van der Waals surface area contributed by atoms with Crippen LogP contribution in [0.3, 0.4) is 0 Å². The van der Waals surface area contributed by atoms with Crippen molar-refractivity contribution in [3.8, 4) is 56.8 Å². The van der Waals surface area contributed by atoms with Gasteiger partial charge in [0.15, 0.2) is 5.82 Å². The van der Waals surface area contributed by atoms with Gasteiger partial charge in [0.25, 0.3) is 0 Å². The van der Waals surface area contributed by atoms with E-state index >= 15 is 0 Å². The second kappa shape index (κ2) is 11.6. The van der Waals surface area contributed by atoms with Crippen LogP contribution in [0.15, 0.2) is 162 Å². The summed E-state index contributed by atoms with van der Waals surface area (Å²) in [4.78, 5) is 10.1. The lowest BCUT2D eigenvalue weighted by Crippen LogP contribution is -2.14. The van der Waals surface area contributed by atoms with Crippen LogP contribution in [0.5, 0.6) is 0 Å². The lowest BCUT2D eigenvalue weighted by molar-refractivity contribution is 0.661. The fourth-order valence-corrected chi connectivity index (χ4v) is 8.86. The Bertz CT molecular complexity index is 3180. The average Bonchev–Trinajstić information content (AvgIpc) is 3.85. The van der Waals surface area contributed by atoms with Crippen LogP contribution < -0.4 is 0 Å². The molecule has 55 heavy (non-hydrogen) atoms. The number of benzene rings is 7. The molecule has 1 aliphatic carbocycles. The SMILES string of the molecule is CC1(C)c2ccccc2-c2cc3c4ccccc4n(-c4cccc5oc6cc(-c7nc(-c8ccccc8)c(C#N)c(-c8ccccc8)n7)ccc6c45)c3cc21. The van der Waals surface area contributed by atoms with Crippen molar-refractivity contribution in [3.05, 3.63) is 174 Å². The Hall–Kier alpha value is -7.29. The van der Waals surface area contributed by atoms with Crippen molar-refractivity contribution < 1.29 is 4.42 Å². The van der Waals surface area contributed by atoms with Crippen LogP contribution in [0.1, 0.15) is 30.5 Å². The molecule has 10 aromatic rings. The van der Waals surface area contributed by atoms with E-state index in [0.717, 1.165) is 49.8 Å². The number of rotatable bonds is 4. The first-order valence-corrected chi connectivity index (χ1v) is 18.6. The standard InChI is InChI=1S/C50H32N4O/c1-50(2)39-20-11-9-18-33(39)36-27-37-34-19-10-12-21-41(34)54(43(37)28-40(36)50)42-22-13-23-44-46(42)35-25-24-32(26-45(35)55-44)49-52-47(30-14-5-3-6-15-30)38(29-51)48(53-49)31-16-7-4-8-17-31/h3-28H,1-2H3. The van der Waals surface area contributed by atoms with Gasteiger partial charge in [-0.3, -0.25) is 0 Å². The Morgan fingerprint density at radius 2 is 1.24 bits per heavy atom. The summed E-state index contributed by atoms with van der Waals surface area (Å²) < 4.78 is 9.09. The molecule has 0 amide bonds. The molecule has 0 fully saturated rings. The van der Waals surface area contributed by atoms with E-state index in [1.54, 1.807) is 0 Å². The molecule has 0 unspecified atom stereocenters. The summed E-state index contributed by atoms with van der Waals surface area (Å²) in [5.74, 6) is 0.527. The van der Waals surface area contributed by atoms with Crippen LogP contribution in [-0.2, 0) is 5.41 Å². The summed E-state index contributed by atoms with van der Waals surface area (Å²) in [5, 5.41) is 14.9. The quantitative estimate of drug-likeness (QED) is 0.183. The second-order valence-corrected chi connectivity index (χ2v) is 14.9. The molecule has 0 radical (unpaired) electrons. The van der Waals surface area contributed by atoms with Gasteiger partial charge in [0.1, 0.15) is 22.8 Å². The van der Waals surface area contributed by atoms with Crippen LogP contribution in [0.25, 0.3) is 94.5 Å². The molecule has 11 rings (SSSR count). The molecule has 0 N–H and O–H groups in total. The molecule has 0 spiro atoms. The van der Waals surface area contributed by atoms with Gasteiger partial charge in [-0.2, -0.15) is 5.26 Å². The number of furan rings is 1. The highest BCUT2D eigenvalue weighted by Gasteiger charge is 2.36. The predicted molar refractivity (Wildman–Crippen MR) is 222 cm³/mol. The molecule has 0 atom stereocenters. The molecular weight excluding hydrogens is 673 g/mol. The molecule has 5 heteroatoms. The zero-order valence-electron chi connectivity index (χ0n) is 30.2. The van der Waals surface area contributed by atoms with Gasteiger partial charge in [-0.05, 0) is 64.7 Å². The van der Waals surface area contributed by atoms with Crippen LogP contribution in [0, 0.1) is 11.3 Å². The lowest BCUT2D eigenvalue weighted by atomic mass is 9.82. The number of para-hydroxylation sites is 1. The Morgan fingerprint density at radius 1 is 0.545 bits per heavy atom. The molecule has 1 aliphatic rings. The fraction of sp³-hybridized carbons (Fsp3) is 0.0600. The maximum absolute atomic E-state index is 10.4. The van der Waals surface area contributed by atoms with Crippen molar-refractivity contribution in [1.29, 1.82) is 5.26 Å². The third-order valence-electron chi connectivity index (χ3n) is 11.5. The van der Waals surface area contributed by atoms with Crippen molar-refractivity contribution in [3.63, 3.8) is 0 Å². The Balaban J connectivity index is 1.13. The molecule has 7 aromatic carbocycles. The van der Waals surface area contributed by atoms with E-state index in [9.17, 15) is 5.26 Å². The van der Waals surface area contributed by atoms with Gasteiger partial charge in [-0.25, -0.2) is 9.97 Å². The van der Waals surface area contributed by atoms with E-state index in [4.69, 9.17) is 14.4 Å². The van der Waals surface area contributed by atoms with Gasteiger partial charge >= 0.3 is 0 Å². The van der Waals surface area contributed by atoms with Crippen LogP contribution in [0.2, 0.25) is 0 Å². The summed E-state index contributed by atoms with van der Waals surface area (Å²) in [6, 6.07) is 57.0. The van der Waals surface area contributed by atoms with Crippen molar-refractivity contribution in [1.82, 2.24) is 14.5 Å². The van der Waals surface area contributed by atoms with E-state index in [2.05, 4.69) is 109 Å². The highest BCUT2D eigenvalue weighted by molar-refractivity contribution is 6.15.